The van der Waals surface area contributed by atoms with Crippen LogP contribution >= 0.6 is 22.6 Å². The maximum atomic E-state index is 4.14. The van der Waals surface area contributed by atoms with Gasteiger partial charge in [-0.15, -0.1) is 5.10 Å². The van der Waals surface area contributed by atoms with Gasteiger partial charge in [0.15, 0.2) is 0 Å². The topological polar surface area (TPSA) is 30.7 Å². The normalized spacial score (nSPS) is 11.1. The zero-order chi connectivity index (χ0) is 10.4. The van der Waals surface area contributed by atoms with E-state index in [1.54, 1.807) is 0 Å². The van der Waals surface area contributed by atoms with E-state index in [-0.39, 0.29) is 0 Å². The molecule has 0 atom stereocenters. The number of halogens is 1. The third kappa shape index (κ3) is 4.39. The number of hydrogen-bond acceptors (Lipinski definition) is 2. The zero-order valence-corrected chi connectivity index (χ0v) is 11.1. The van der Waals surface area contributed by atoms with Crippen molar-refractivity contribution in [3.05, 3.63) is 11.9 Å². The van der Waals surface area contributed by atoms with Gasteiger partial charge in [0.05, 0.1) is 12.2 Å². The number of alkyl halides is 1. The molecule has 1 aromatic heterocycles. The van der Waals surface area contributed by atoms with Crippen molar-refractivity contribution in [2.24, 2.45) is 5.92 Å². The Hall–Kier alpha value is -0.130. The Bertz CT molecular complexity index is 258. The predicted octanol–water partition coefficient (Wildman–Crippen LogP) is 2.69. The Kier molecular flexibility index (Phi) is 5.44. The van der Waals surface area contributed by atoms with Gasteiger partial charge in [-0.05, 0) is 18.8 Å². The first kappa shape index (κ1) is 11.9. The third-order valence-electron chi connectivity index (χ3n) is 2.11. The van der Waals surface area contributed by atoms with Crippen LogP contribution in [0.3, 0.4) is 0 Å². The first-order chi connectivity index (χ1) is 6.72. The quantitative estimate of drug-likeness (QED) is 0.597. The Morgan fingerprint density at radius 3 is 2.93 bits per heavy atom. The molecule has 0 saturated carbocycles. The summed E-state index contributed by atoms with van der Waals surface area (Å²) in [5.41, 5.74) is 1.13. The second kappa shape index (κ2) is 6.37. The number of aryl methyl sites for hydroxylation is 2. The van der Waals surface area contributed by atoms with Crippen LogP contribution in [0.15, 0.2) is 6.20 Å². The van der Waals surface area contributed by atoms with E-state index in [1.807, 2.05) is 4.68 Å². The van der Waals surface area contributed by atoms with Crippen molar-refractivity contribution in [2.75, 3.05) is 4.43 Å². The van der Waals surface area contributed by atoms with Gasteiger partial charge in [0.2, 0.25) is 0 Å². The fourth-order valence-corrected chi connectivity index (χ4v) is 1.83. The fraction of sp³-hybridized carbons (Fsp3) is 0.800. The summed E-state index contributed by atoms with van der Waals surface area (Å²) in [4.78, 5) is 0. The van der Waals surface area contributed by atoms with Crippen LogP contribution in [0, 0.1) is 5.92 Å². The molecule has 0 aliphatic carbocycles. The zero-order valence-electron chi connectivity index (χ0n) is 8.91. The molecule has 0 amide bonds. The smallest absolute Gasteiger partial charge is 0.0827 e. The lowest BCUT2D eigenvalue weighted by molar-refractivity contribution is 0.553. The van der Waals surface area contributed by atoms with E-state index in [1.165, 1.54) is 12.8 Å². The van der Waals surface area contributed by atoms with E-state index >= 15 is 0 Å². The third-order valence-corrected chi connectivity index (χ3v) is 2.60. The average molecular weight is 307 g/mol. The Balaban J connectivity index is 2.28. The number of aromatic nitrogens is 3. The van der Waals surface area contributed by atoms with Gasteiger partial charge in [-0.3, -0.25) is 4.68 Å². The molecule has 0 unspecified atom stereocenters. The number of rotatable bonds is 6. The van der Waals surface area contributed by atoms with Gasteiger partial charge in [-0.1, -0.05) is 48.1 Å². The molecule has 1 heterocycles. The van der Waals surface area contributed by atoms with E-state index in [0.717, 1.165) is 29.0 Å². The minimum atomic E-state index is 0.791. The Morgan fingerprint density at radius 2 is 2.29 bits per heavy atom. The molecular formula is C10H18IN3. The van der Waals surface area contributed by atoms with Crippen molar-refractivity contribution < 1.29 is 0 Å². The van der Waals surface area contributed by atoms with Crippen LogP contribution < -0.4 is 0 Å². The molecule has 0 saturated heterocycles. The van der Waals surface area contributed by atoms with Crippen LogP contribution in [0.4, 0.5) is 0 Å². The molecule has 80 valence electrons. The van der Waals surface area contributed by atoms with Crippen LogP contribution in [0.5, 0.6) is 0 Å². The number of nitrogens with zero attached hydrogens (tertiary/aromatic N) is 3. The highest BCUT2D eigenvalue weighted by Crippen LogP contribution is 2.07. The van der Waals surface area contributed by atoms with Gasteiger partial charge in [0.1, 0.15) is 0 Å². The first-order valence-electron chi connectivity index (χ1n) is 5.17. The van der Waals surface area contributed by atoms with Crippen LogP contribution in [0.2, 0.25) is 0 Å². The van der Waals surface area contributed by atoms with Crippen molar-refractivity contribution in [2.45, 2.75) is 39.7 Å². The monoisotopic (exact) mass is 307 g/mol. The first-order valence-corrected chi connectivity index (χ1v) is 6.70. The summed E-state index contributed by atoms with van der Waals surface area (Å²) < 4.78 is 3.02. The molecule has 1 rings (SSSR count). The molecule has 0 spiro atoms. The fourth-order valence-electron chi connectivity index (χ4n) is 1.34. The second-order valence-corrected chi connectivity index (χ2v) is 5.03. The summed E-state index contributed by atoms with van der Waals surface area (Å²) in [5, 5.41) is 8.21. The van der Waals surface area contributed by atoms with Crippen LogP contribution in [-0.2, 0) is 13.0 Å². The van der Waals surface area contributed by atoms with Crippen LogP contribution in [0.25, 0.3) is 0 Å². The molecule has 0 aliphatic rings. The van der Waals surface area contributed by atoms with Crippen molar-refractivity contribution in [1.29, 1.82) is 0 Å². The maximum absolute atomic E-state index is 4.14. The van der Waals surface area contributed by atoms with Gasteiger partial charge >= 0.3 is 0 Å². The molecule has 1 aromatic rings. The van der Waals surface area contributed by atoms with Gasteiger partial charge < -0.3 is 0 Å². The van der Waals surface area contributed by atoms with Crippen LogP contribution in [-0.4, -0.2) is 19.4 Å². The minimum absolute atomic E-state index is 0.791. The Labute approximate surface area is 99.4 Å². The summed E-state index contributed by atoms with van der Waals surface area (Å²) in [6.07, 6.45) is 5.64. The molecule has 0 aromatic carbocycles. The molecule has 0 bridgehead atoms. The van der Waals surface area contributed by atoms with Gasteiger partial charge in [0, 0.05) is 10.6 Å². The van der Waals surface area contributed by atoms with E-state index in [4.69, 9.17) is 0 Å². The Morgan fingerprint density at radius 1 is 1.50 bits per heavy atom. The van der Waals surface area contributed by atoms with Crippen molar-refractivity contribution in [3.8, 4) is 0 Å². The number of hydrogen-bond donors (Lipinski definition) is 0. The summed E-state index contributed by atoms with van der Waals surface area (Å²) in [6.45, 7) is 5.48. The molecule has 0 aliphatic heterocycles. The summed E-state index contributed by atoms with van der Waals surface area (Å²) in [7, 11) is 0. The SMILES string of the molecule is CC(C)CCCc1cn(CCI)nn1. The molecule has 0 N–H and O–H groups in total. The van der Waals surface area contributed by atoms with Gasteiger partial charge in [-0.25, -0.2) is 0 Å². The van der Waals surface area contributed by atoms with E-state index in [0.29, 0.717) is 0 Å². The standard InChI is InChI=1S/C10H18IN3/c1-9(2)4-3-5-10-8-14(7-6-11)13-12-10/h8-9H,3-7H2,1-2H3. The molecule has 3 nitrogen and oxygen atoms in total. The molecule has 0 fully saturated rings. The maximum Gasteiger partial charge on any atom is 0.0827 e. The summed E-state index contributed by atoms with van der Waals surface area (Å²) in [6, 6.07) is 0. The molecular weight excluding hydrogens is 289 g/mol. The van der Waals surface area contributed by atoms with Crippen molar-refractivity contribution in [1.82, 2.24) is 15.0 Å². The lowest BCUT2D eigenvalue weighted by Crippen LogP contribution is -1.98. The summed E-state index contributed by atoms with van der Waals surface area (Å²) >= 11 is 2.35. The van der Waals surface area contributed by atoms with Gasteiger partial charge in [0.25, 0.3) is 0 Å². The minimum Gasteiger partial charge on any atom is -0.252 e. The van der Waals surface area contributed by atoms with Crippen molar-refractivity contribution in [3.63, 3.8) is 0 Å². The lowest BCUT2D eigenvalue weighted by atomic mass is 10.1. The highest BCUT2D eigenvalue weighted by Gasteiger charge is 2.01. The molecule has 0 radical (unpaired) electrons. The molecule has 4 heteroatoms. The van der Waals surface area contributed by atoms with E-state index < -0.39 is 0 Å². The van der Waals surface area contributed by atoms with E-state index in [2.05, 4.69) is 52.9 Å². The predicted molar refractivity (Wildman–Crippen MR) is 66.7 cm³/mol. The highest BCUT2D eigenvalue weighted by atomic mass is 127. The van der Waals surface area contributed by atoms with Crippen LogP contribution in [0.1, 0.15) is 32.4 Å². The molecule has 14 heavy (non-hydrogen) atoms. The average Bonchev–Trinajstić information content (AvgIpc) is 2.53. The van der Waals surface area contributed by atoms with Crippen molar-refractivity contribution >= 4 is 22.6 Å². The lowest BCUT2D eigenvalue weighted by Gasteiger charge is -2.01. The highest BCUT2D eigenvalue weighted by molar-refractivity contribution is 14.1. The van der Waals surface area contributed by atoms with Gasteiger partial charge in [-0.2, -0.15) is 0 Å². The largest absolute Gasteiger partial charge is 0.252 e. The summed E-state index contributed by atoms with van der Waals surface area (Å²) in [5.74, 6) is 0.791. The second-order valence-electron chi connectivity index (χ2n) is 3.95. The van der Waals surface area contributed by atoms with E-state index in [9.17, 15) is 0 Å².